The molecule has 1 aliphatic heterocycles. The van der Waals surface area contributed by atoms with E-state index in [2.05, 4.69) is 26.8 Å². The first kappa shape index (κ1) is 17.7. The van der Waals surface area contributed by atoms with E-state index in [1.54, 1.807) is 18.5 Å². The van der Waals surface area contributed by atoms with Gasteiger partial charge in [-0.2, -0.15) is 0 Å². The maximum absolute atomic E-state index is 6.20. The summed E-state index contributed by atoms with van der Waals surface area (Å²) in [5, 5.41) is 1.04. The van der Waals surface area contributed by atoms with E-state index in [1.165, 1.54) is 37.4 Å². The van der Waals surface area contributed by atoms with Crippen molar-refractivity contribution in [1.29, 1.82) is 0 Å². The molecule has 6 nitrogen and oxygen atoms in total. The molecule has 1 aliphatic carbocycles. The standard InChI is InChI=1S/C18H23ClN6S/c1-11-2-4-18(11)5-8-25(9-6-18)13-10-23-17(16(21)24-13)26-12-3-7-22-15(20)14(12)19/h3,7,10-11H,2,4-6,8-9H2,1H3,(H2,20,22)(H2,21,24)/t11-/m0/s1. The van der Waals surface area contributed by atoms with Crippen molar-refractivity contribution in [3.8, 4) is 0 Å². The largest absolute Gasteiger partial charge is 0.382 e. The molecule has 1 spiro atoms. The fourth-order valence-electron chi connectivity index (χ4n) is 4.00. The first-order chi connectivity index (χ1) is 12.5. The fraction of sp³-hybridized carbons (Fsp3) is 0.500. The summed E-state index contributed by atoms with van der Waals surface area (Å²) in [5.74, 6) is 2.43. The Kier molecular flexibility index (Phi) is 4.61. The molecule has 8 heteroatoms. The van der Waals surface area contributed by atoms with E-state index in [1.807, 2.05) is 0 Å². The Morgan fingerprint density at radius 3 is 2.58 bits per heavy atom. The van der Waals surface area contributed by atoms with Gasteiger partial charge in [0.2, 0.25) is 0 Å². The third-order valence-corrected chi connectivity index (χ3v) is 7.62. The minimum absolute atomic E-state index is 0.298. The van der Waals surface area contributed by atoms with Crippen molar-refractivity contribution < 1.29 is 0 Å². The summed E-state index contributed by atoms with van der Waals surface area (Å²) < 4.78 is 0. The van der Waals surface area contributed by atoms with Gasteiger partial charge in [-0.1, -0.05) is 30.3 Å². The number of hydrogen-bond donors (Lipinski definition) is 2. The number of nitrogens with two attached hydrogens (primary N) is 2. The van der Waals surface area contributed by atoms with Gasteiger partial charge in [0.15, 0.2) is 5.82 Å². The van der Waals surface area contributed by atoms with Crippen LogP contribution < -0.4 is 16.4 Å². The van der Waals surface area contributed by atoms with Gasteiger partial charge in [0.1, 0.15) is 16.7 Å². The zero-order valence-corrected chi connectivity index (χ0v) is 16.4. The van der Waals surface area contributed by atoms with Crippen LogP contribution in [0.3, 0.4) is 0 Å². The highest BCUT2D eigenvalue weighted by Crippen LogP contribution is 2.53. The average Bonchev–Trinajstić information content (AvgIpc) is 2.66. The minimum atomic E-state index is 0.298. The van der Waals surface area contributed by atoms with E-state index in [9.17, 15) is 0 Å². The molecule has 2 aromatic heterocycles. The molecule has 1 saturated carbocycles. The van der Waals surface area contributed by atoms with Crippen LogP contribution >= 0.6 is 23.4 Å². The number of anilines is 3. The second kappa shape index (κ2) is 6.78. The molecule has 2 fully saturated rings. The summed E-state index contributed by atoms with van der Waals surface area (Å²) in [6.07, 6.45) is 8.64. The first-order valence-electron chi connectivity index (χ1n) is 8.94. The van der Waals surface area contributed by atoms with Crippen molar-refractivity contribution >= 4 is 40.8 Å². The zero-order chi connectivity index (χ0) is 18.3. The molecule has 2 aromatic rings. The van der Waals surface area contributed by atoms with E-state index in [0.29, 0.717) is 27.1 Å². The van der Waals surface area contributed by atoms with Gasteiger partial charge in [0.25, 0.3) is 0 Å². The van der Waals surface area contributed by atoms with E-state index >= 15 is 0 Å². The maximum Gasteiger partial charge on any atom is 0.158 e. The normalized spacial score (nSPS) is 21.6. The van der Waals surface area contributed by atoms with Crippen molar-refractivity contribution in [3.63, 3.8) is 0 Å². The average molecular weight is 391 g/mol. The van der Waals surface area contributed by atoms with Crippen LogP contribution in [-0.2, 0) is 0 Å². The Hall–Kier alpha value is -1.73. The Bertz CT molecular complexity index is 821. The minimum Gasteiger partial charge on any atom is -0.382 e. The lowest BCUT2D eigenvalue weighted by molar-refractivity contribution is 0.0163. The van der Waals surface area contributed by atoms with Crippen LogP contribution in [0.4, 0.5) is 17.5 Å². The van der Waals surface area contributed by atoms with Gasteiger partial charge in [-0.3, -0.25) is 0 Å². The third kappa shape index (κ3) is 3.07. The molecule has 0 aromatic carbocycles. The molecule has 0 unspecified atom stereocenters. The Labute approximate surface area is 162 Å². The summed E-state index contributed by atoms with van der Waals surface area (Å²) in [5.41, 5.74) is 12.5. The quantitative estimate of drug-likeness (QED) is 0.821. The Morgan fingerprint density at radius 2 is 1.96 bits per heavy atom. The van der Waals surface area contributed by atoms with Crippen molar-refractivity contribution in [2.24, 2.45) is 11.3 Å². The van der Waals surface area contributed by atoms with Crippen LogP contribution in [-0.4, -0.2) is 28.0 Å². The predicted molar refractivity (Wildman–Crippen MR) is 107 cm³/mol. The molecule has 4 N–H and O–H groups in total. The number of nitrogens with zero attached hydrogens (tertiary/aromatic N) is 4. The lowest BCUT2D eigenvalue weighted by atomic mass is 9.56. The summed E-state index contributed by atoms with van der Waals surface area (Å²) in [6.45, 7) is 4.44. The Balaban J connectivity index is 1.47. The highest BCUT2D eigenvalue weighted by Gasteiger charge is 2.45. The molecule has 0 radical (unpaired) electrons. The lowest BCUT2D eigenvalue weighted by Crippen LogP contribution is -2.48. The molecule has 1 saturated heterocycles. The first-order valence-corrected chi connectivity index (χ1v) is 10.1. The smallest absolute Gasteiger partial charge is 0.158 e. The van der Waals surface area contributed by atoms with Gasteiger partial charge in [0.05, 0.1) is 11.2 Å². The number of rotatable bonds is 3. The third-order valence-electron chi connectivity index (χ3n) is 6.04. The Morgan fingerprint density at radius 1 is 1.19 bits per heavy atom. The second-order valence-corrected chi connectivity index (χ2v) is 8.73. The van der Waals surface area contributed by atoms with Crippen molar-refractivity contribution in [1.82, 2.24) is 15.0 Å². The summed E-state index contributed by atoms with van der Waals surface area (Å²) >= 11 is 7.55. The zero-order valence-electron chi connectivity index (χ0n) is 14.8. The van der Waals surface area contributed by atoms with Crippen molar-refractivity contribution in [2.75, 3.05) is 29.5 Å². The monoisotopic (exact) mass is 390 g/mol. The highest BCUT2D eigenvalue weighted by molar-refractivity contribution is 7.99. The number of pyridine rings is 1. The topological polar surface area (TPSA) is 94.0 Å². The van der Waals surface area contributed by atoms with Gasteiger partial charge in [-0.15, -0.1) is 0 Å². The molecular weight excluding hydrogens is 368 g/mol. The van der Waals surface area contributed by atoms with E-state index in [4.69, 9.17) is 23.1 Å². The van der Waals surface area contributed by atoms with Crippen LogP contribution in [0, 0.1) is 11.3 Å². The number of piperidine rings is 1. The molecule has 0 bridgehead atoms. The number of hydrogen-bond acceptors (Lipinski definition) is 7. The molecule has 0 amide bonds. The van der Waals surface area contributed by atoms with Gasteiger partial charge < -0.3 is 16.4 Å². The molecule has 138 valence electrons. The van der Waals surface area contributed by atoms with Gasteiger partial charge in [-0.05, 0) is 43.1 Å². The SMILES string of the molecule is C[C@H]1CCC12CCN(c1cnc(Sc3ccnc(N)c3Cl)c(N)n1)CC2. The lowest BCUT2D eigenvalue weighted by Gasteiger charge is -2.53. The number of aromatic nitrogens is 3. The predicted octanol–water partition coefficient (Wildman–Crippen LogP) is 3.86. The van der Waals surface area contributed by atoms with Gasteiger partial charge in [-0.25, -0.2) is 15.0 Å². The summed E-state index contributed by atoms with van der Waals surface area (Å²) in [6, 6.07) is 1.79. The molecule has 3 heterocycles. The van der Waals surface area contributed by atoms with Crippen molar-refractivity contribution in [3.05, 3.63) is 23.5 Å². The van der Waals surface area contributed by atoms with Crippen LogP contribution in [0.25, 0.3) is 0 Å². The summed E-state index contributed by atoms with van der Waals surface area (Å²) in [7, 11) is 0. The van der Waals surface area contributed by atoms with Crippen LogP contribution in [0.1, 0.15) is 32.6 Å². The van der Waals surface area contributed by atoms with Gasteiger partial charge in [0, 0.05) is 24.2 Å². The van der Waals surface area contributed by atoms with Gasteiger partial charge >= 0.3 is 0 Å². The maximum atomic E-state index is 6.20. The van der Waals surface area contributed by atoms with Crippen LogP contribution in [0.5, 0.6) is 0 Å². The molecule has 26 heavy (non-hydrogen) atoms. The second-order valence-electron chi connectivity index (χ2n) is 7.32. The molecule has 4 rings (SSSR count). The molecular formula is C18H23ClN6S. The molecule has 1 atom stereocenters. The van der Waals surface area contributed by atoms with E-state index in [0.717, 1.165) is 29.7 Å². The number of nitrogen functional groups attached to an aromatic ring is 2. The molecule has 2 aliphatic rings. The van der Waals surface area contributed by atoms with E-state index in [-0.39, 0.29) is 0 Å². The fourth-order valence-corrected chi connectivity index (χ4v) is 5.02. The summed E-state index contributed by atoms with van der Waals surface area (Å²) in [4.78, 5) is 16.1. The van der Waals surface area contributed by atoms with Crippen LogP contribution in [0.15, 0.2) is 28.4 Å². The highest BCUT2D eigenvalue weighted by atomic mass is 35.5. The van der Waals surface area contributed by atoms with E-state index < -0.39 is 0 Å². The van der Waals surface area contributed by atoms with Crippen molar-refractivity contribution in [2.45, 2.75) is 42.5 Å². The number of halogens is 1. The van der Waals surface area contributed by atoms with Crippen LogP contribution in [0.2, 0.25) is 5.02 Å².